The van der Waals surface area contributed by atoms with Crippen molar-refractivity contribution in [2.75, 3.05) is 41.4 Å². The maximum atomic E-state index is 11.7. The Morgan fingerprint density at radius 2 is 1.92 bits per heavy atom. The van der Waals surface area contributed by atoms with Gasteiger partial charge in [0.15, 0.2) is 5.96 Å². The Morgan fingerprint density at radius 3 is 2.48 bits per heavy atom. The number of carbonyl (C=O) groups excluding carboxylic acids is 1. The molecule has 0 aliphatic carbocycles. The van der Waals surface area contributed by atoms with E-state index in [9.17, 15) is 4.79 Å². The molecule has 0 unspecified atom stereocenters. The van der Waals surface area contributed by atoms with E-state index in [-0.39, 0.29) is 36.4 Å². The van der Waals surface area contributed by atoms with E-state index in [0.29, 0.717) is 12.5 Å². The van der Waals surface area contributed by atoms with Crippen molar-refractivity contribution in [2.24, 2.45) is 4.99 Å². The largest absolute Gasteiger partial charge is 0.497 e. The number of amides is 1. The van der Waals surface area contributed by atoms with Crippen molar-refractivity contribution in [2.45, 2.75) is 19.9 Å². The van der Waals surface area contributed by atoms with Crippen molar-refractivity contribution in [3.05, 3.63) is 23.8 Å². The summed E-state index contributed by atoms with van der Waals surface area (Å²) in [5.41, 5.74) is 0.940. The van der Waals surface area contributed by atoms with Gasteiger partial charge < -0.3 is 25.0 Å². The summed E-state index contributed by atoms with van der Waals surface area (Å²) in [6.45, 7) is 3.48. The summed E-state index contributed by atoms with van der Waals surface area (Å²) in [6.07, 6.45) is 0.966. The number of carbonyl (C=O) groups is 1. The number of rotatable bonds is 8. The van der Waals surface area contributed by atoms with Gasteiger partial charge in [0, 0.05) is 32.3 Å². The van der Waals surface area contributed by atoms with Crippen LogP contribution in [-0.2, 0) is 11.3 Å². The summed E-state index contributed by atoms with van der Waals surface area (Å²) in [5.74, 6) is 2.05. The Balaban J connectivity index is 0.00000576. The number of nitrogens with one attached hydrogen (secondary N) is 2. The van der Waals surface area contributed by atoms with Crippen LogP contribution in [0.2, 0.25) is 0 Å². The number of likely N-dealkylation sites (N-methyl/N-ethyl adjacent to an activating group) is 1. The second kappa shape index (κ2) is 12.6. The van der Waals surface area contributed by atoms with E-state index in [2.05, 4.69) is 22.5 Å². The van der Waals surface area contributed by atoms with E-state index in [0.717, 1.165) is 30.0 Å². The molecule has 7 nitrogen and oxygen atoms in total. The minimum atomic E-state index is -0.0111. The van der Waals surface area contributed by atoms with Gasteiger partial charge in [-0.05, 0) is 18.6 Å². The maximum Gasteiger partial charge on any atom is 0.241 e. The molecule has 0 bridgehead atoms. The Morgan fingerprint density at radius 1 is 1.20 bits per heavy atom. The quantitative estimate of drug-likeness (QED) is 0.349. The molecule has 0 aliphatic heterocycles. The Bertz CT molecular complexity index is 565. The van der Waals surface area contributed by atoms with Gasteiger partial charge in [-0.1, -0.05) is 6.92 Å². The maximum absolute atomic E-state index is 11.7. The van der Waals surface area contributed by atoms with Gasteiger partial charge in [-0.15, -0.1) is 24.0 Å². The zero-order valence-corrected chi connectivity index (χ0v) is 17.9. The lowest BCUT2D eigenvalue weighted by molar-refractivity contribution is -0.127. The number of aliphatic imine (C=N–C) groups is 1. The first-order chi connectivity index (χ1) is 11.5. The first-order valence-electron chi connectivity index (χ1n) is 7.95. The van der Waals surface area contributed by atoms with Gasteiger partial charge in [0.1, 0.15) is 11.5 Å². The van der Waals surface area contributed by atoms with Crippen LogP contribution >= 0.6 is 24.0 Å². The van der Waals surface area contributed by atoms with Crippen LogP contribution in [0.1, 0.15) is 18.9 Å². The molecule has 1 aromatic rings. The fourth-order valence-corrected chi connectivity index (χ4v) is 1.88. The van der Waals surface area contributed by atoms with Crippen molar-refractivity contribution >= 4 is 35.8 Å². The normalized spacial score (nSPS) is 10.5. The lowest BCUT2D eigenvalue weighted by Crippen LogP contribution is -2.43. The number of guanidine groups is 1. The number of methoxy groups -OCH3 is 2. The zero-order valence-electron chi connectivity index (χ0n) is 15.6. The number of hydrogen-bond acceptors (Lipinski definition) is 4. The van der Waals surface area contributed by atoms with Gasteiger partial charge in [-0.2, -0.15) is 0 Å². The van der Waals surface area contributed by atoms with E-state index in [1.165, 1.54) is 4.90 Å². The zero-order chi connectivity index (χ0) is 17.9. The number of benzene rings is 1. The number of ether oxygens (including phenoxy) is 2. The first-order valence-corrected chi connectivity index (χ1v) is 7.95. The van der Waals surface area contributed by atoms with Crippen LogP contribution in [0.3, 0.4) is 0 Å². The van der Waals surface area contributed by atoms with Gasteiger partial charge in [0.25, 0.3) is 0 Å². The van der Waals surface area contributed by atoms with Crippen LogP contribution < -0.4 is 20.1 Å². The van der Waals surface area contributed by atoms with Crippen molar-refractivity contribution in [3.8, 4) is 11.5 Å². The summed E-state index contributed by atoms with van der Waals surface area (Å²) in [6, 6.07) is 5.62. The number of hydrogen-bond donors (Lipinski definition) is 2. The van der Waals surface area contributed by atoms with Crippen LogP contribution in [0.25, 0.3) is 0 Å². The highest BCUT2D eigenvalue weighted by molar-refractivity contribution is 14.0. The molecule has 0 fully saturated rings. The predicted octanol–water partition coefficient (Wildman–Crippen LogP) is 1.86. The second-order valence-electron chi connectivity index (χ2n) is 5.41. The molecule has 2 N–H and O–H groups in total. The van der Waals surface area contributed by atoms with Gasteiger partial charge in [0.2, 0.25) is 5.91 Å². The molecule has 0 atom stereocenters. The molecule has 0 spiro atoms. The molecular weight excluding hydrogens is 435 g/mol. The fourth-order valence-electron chi connectivity index (χ4n) is 1.88. The summed E-state index contributed by atoms with van der Waals surface area (Å²) >= 11 is 0. The molecule has 0 radical (unpaired) electrons. The fraction of sp³-hybridized carbons (Fsp3) is 0.529. The third-order valence-corrected chi connectivity index (χ3v) is 3.35. The molecular formula is C17H29IN4O3. The molecule has 25 heavy (non-hydrogen) atoms. The van der Waals surface area contributed by atoms with Gasteiger partial charge in [-0.3, -0.25) is 4.79 Å². The molecule has 1 aromatic carbocycles. The Hall–Kier alpha value is -1.71. The van der Waals surface area contributed by atoms with Crippen molar-refractivity contribution in [3.63, 3.8) is 0 Å². The van der Waals surface area contributed by atoms with E-state index in [4.69, 9.17) is 9.47 Å². The van der Waals surface area contributed by atoms with E-state index < -0.39 is 0 Å². The lowest BCUT2D eigenvalue weighted by Gasteiger charge is -2.15. The molecule has 142 valence electrons. The molecule has 0 aromatic heterocycles. The van der Waals surface area contributed by atoms with E-state index in [1.54, 1.807) is 28.3 Å². The third-order valence-electron chi connectivity index (χ3n) is 3.35. The highest BCUT2D eigenvalue weighted by Crippen LogP contribution is 2.25. The van der Waals surface area contributed by atoms with Crippen LogP contribution in [0.5, 0.6) is 11.5 Å². The van der Waals surface area contributed by atoms with Gasteiger partial charge >= 0.3 is 0 Å². The highest BCUT2D eigenvalue weighted by atomic mass is 127. The topological polar surface area (TPSA) is 75.2 Å². The smallest absolute Gasteiger partial charge is 0.241 e. The monoisotopic (exact) mass is 464 g/mol. The highest BCUT2D eigenvalue weighted by Gasteiger charge is 2.07. The van der Waals surface area contributed by atoms with Crippen LogP contribution in [0.15, 0.2) is 23.2 Å². The van der Waals surface area contributed by atoms with Crippen molar-refractivity contribution < 1.29 is 14.3 Å². The lowest BCUT2D eigenvalue weighted by atomic mass is 10.2. The SMILES string of the molecule is CCCNC(=NCc1ccc(OC)cc1OC)NCC(=O)N(C)C.I. The second-order valence-corrected chi connectivity index (χ2v) is 5.41. The molecule has 1 rings (SSSR count). The minimum absolute atomic E-state index is 0. The van der Waals surface area contributed by atoms with E-state index >= 15 is 0 Å². The Kier molecular flexibility index (Phi) is 11.8. The average molecular weight is 464 g/mol. The van der Waals surface area contributed by atoms with Crippen LogP contribution in [0, 0.1) is 0 Å². The molecule has 8 heteroatoms. The van der Waals surface area contributed by atoms with Crippen LogP contribution in [-0.4, -0.2) is 58.2 Å². The Labute approximate surface area is 167 Å². The third kappa shape index (κ3) is 8.28. The number of halogens is 1. The summed E-state index contributed by atoms with van der Waals surface area (Å²) < 4.78 is 10.6. The molecule has 0 saturated heterocycles. The summed E-state index contributed by atoms with van der Waals surface area (Å²) in [4.78, 5) is 17.8. The molecule has 0 heterocycles. The average Bonchev–Trinajstić information content (AvgIpc) is 2.60. The van der Waals surface area contributed by atoms with Crippen molar-refractivity contribution in [1.29, 1.82) is 0 Å². The van der Waals surface area contributed by atoms with Crippen LogP contribution in [0.4, 0.5) is 0 Å². The van der Waals surface area contributed by atoms with E-state index in [1.807, 2.05) is 18.2 Å². The summed E-state index contributed by atoms with van der Waals surface area (Å²) in [5, 5.41) is 6.24. The summed E-state index contributed by atoms with van der Waals surface area (Å²) in [7, 11) is 6.68. The standard InChI is InChI=1S/C17H28N4O3.HI/c1-6-9-18-17(20-12-16(22)21(2)3)19-11-13-7-8-14(23-4)10-15(13)24-5;/h7-8,10H,6,9,11-12H2,1-5H3,(H2,18,19,20);1H. The van der Waals surface area contributed by atoms with Crippen molar-refractivity contribution in [1.82, 2.24) is 15.5 Å². The predicted molar refractivity (Wildman–Crippen MR) is 111 cm³/mol. The molecule has 1 amide bonds. The first kappa shape index (κ1) is 23.3. The molecule has 0 saturated carbocycles. The van der Waals surface area contributed by atoms with Gasteiger partial charge in [-0.25, -0.2) is 4.99 Å². The van der Waals surface area contributed by atoms with Gasteiger partial charge in [0.05, 0.1) is 27.3 Å². The minimum Gasteiger partial charge on any atom is -0.497 e. The number of nitrogens with zero attached hydrogens (tertiary/aromatic N) is 2. The molecule has 0 aliphatic rings.